The van der Waals surface area contributed by atoms with Crippen LogP contribution in [0.15, 0.2) is 109 Å². The van der Waals surface area contributed by atoms with E-state index in [1.165, 1.54) is 161 Å². The minimum absolute atomic E-state index is 0.0807. The molecule has 0 rings (SSSR count). The van der Waals surface area contributed by atoms with Crippen LogP contribution >= 0.6 is 0 Å². The molecule has 0 aromatic heterocycles. The monoisotopic (exact) mass is 1030 g/mol. The molecule has 422 valence electrons. The van der Waals surface area contributed by atoms with Gasteiger partial charge in [0.15, 0.2) is 6.10 Å². The number of unbranched alkanes of at least 4 members (excludes halogenated alkanes) is 27. The second-order valence-electron chi connectivity index (χ2n) is 20.2. The van der Waals surface area contributed by atoms with Crippen LogP contribution in [-0.4, -0.2) is 37.2 Å². The molecule has 0 aliphatic heterocycles. The average molecular weight is 1030 g/mol. The number of carbonyl (C=O) groups excluding carboxylic acids is 3. The molecule has 0 fully saturated rings. The second-order valence-corrected chi connectivity index (χ2v) is 20.2. The van der Waals surface area contributed by atoms with Gasteiger partial charge in [-0.25, -0.2) is 0 Å². The molecule has 0 aliphatic rings. The highest BCUT2D eigenvalue weighted by atomic mass is 16.6. The van der Waals surface area contributed by atoms with E-state index in [1.807, 2.05) is 18.2 Å². The van der Waals surface area contributed by atoms with E-state index in [0.29, 0.717) is 19.3 Å². The summed E-state index contributed by atoms with van der Waals surface area (Å²) in [5, 5.41) is 0. The van der Waals surface area contributed by atoms with Gasteiger partial charge in [-0.15, -0.1) is 0 Å². The number of carbonyl (C=O) groups is 3. The molecule has 0 N–H and O–H groups in total. The minimum Gasteiger partial charge on any atom is -0.462 e. The van der Waals surface area contributed by atoms with Crippen molar-refractivity contribution in [2.75, 3.05) is 13.2 Å². The Morgan fingerprint density at radius 1 is 0.297 bits per heavy atom. The predicted octanol–water partition coefficient (Wildman–Crippen LogP) is 21.0. The van der Waals surface area contributed by atoms with Crippen LogP contribution in [0.4, 0.5) is 0 Å². The highest BCUT2D eigenvalue weighted by Gasteiger charge is 2.19. The first-order valence-corrected chi connectivity index (χ1v) is 30.9. The summed E-state index contributed by atoms with van der Waals surface area (Å²) in [6, 6.07) is 0. The molecular weight excluding hydrogens is 913 g/mol. The van der Waals surface area contributed by atoms with Crippen LogP contribution in [-0.2, 0) is 28.6 Å². The van der Waals surface area contributed by atoms with Crippen molar-refractivity contribution in [3.63, 3.8) is 0 Å². The first-order valence-electron chi connectivity index (χ1n) is 30.9. The molecule has 0 heterocycles. The lowest BCUT2D eigenvalue weighted by molar-refractivity contribution is -0.166. The van der Waals surface area contributed by atoms with E-state index in [-0.39, 0.29) is 38.0 Å². The van der Waals surface area contributed by atoms with Gasteiger partial charge in [0.1, 0.15) is 13.2 Å². The summed E-state index contributed by atoms with van der Waals surface area (Å²) in [5.41, 5.74) is 0. The highest BCUT2D eigenvalue weighted by Crippen LogP contribution is 2.17. The van der Waals surface area contributed by atoms with Crippen molar-refractivity contribution in [1.82, 2.24) is 0 Å². The van der Waals surface area contributed by atoms with E-state index in [4.69, 9.17) is 14.2 Å². The van der Waals surface area contributed by atoms with Crippen LogP contribution < -0.4 is 0 Å². The molecule has 6 heteroatoms. The van der Waals surface area contributed by atoms with E-state index >= 15 is 0 Å². The Kier molecular flexibility index (Phi) is 58.3. The molecule has 6 nitrogen and oxygen atoms in total. The molecule has 1 unspecified atom stereocenters. The molecule has 0 saturated heterocycles. The Hall–Kier alpha value is -3.93. The fourth-order valence-electron chi connectivity index (χ4n) is 8.53. The van der Waals surface area contributed by atoms with Crippen LogP contribution in [0.3, 0.4) is 0 Å². The van der Waals surface area contributed by atoms with Crippen LogP contribution in [0, 0.1) is 0 Å². The zero-order valence-corrected chi connectivity index (χ0v) is 48.3. The quantitative estimate of drug-likeness (QED) is 0.0261. The fourth-order valence-corrected chi connectivity index (χ4v) is 8.53. The molecule has 0 saturated carbocycles. The second kappa shape index (κ2) is 61.6. The zero-order chi connectivity index (χ0) is 53.6. The van der Waals surface area contributed by atoms with Gasteiger partial charge in [-0.05, 0) is 70.6 Å². The third kappa shape index (κ3) is 59.0. The molecule has 74 heavy (non-hydrogen) atoms. The maximum atomic E-state index is 12.8. The Bertz CT molecular complexity index is 1510. The molecule has 0 aliphatic carbocycles. The summed E-state index contributed by atoms with van der Waals surface area (Å²) in [7, 11) is 0. The van der Waals surface area contributed by atoms with Gasteiger partial charge < -0.3 is 14.2 Å². The first-order chi connectivity index (χ1) is 36.5. The number of esters is 3. The summed E-state index contributed by atoms with van der Waals surface area (Å²) in [6.07, 6.45) is 84.5. The lowest BCUT2D eigenvalue weighted by atomic mass is 10.0. The van der Waals surface area contributed by atoms with Gasteiger partial charge in [-0.1, -0.05) is 304 Å². The summed E-state index contributed by atoms with van der Waals surface area (Å²) in [5.74, 6) is -1.15. The smallest absolute Gasteiger partial charge is 0.310 e. The summed E-state index contributed by atoms with van der Waals surface area (Å²) in [4.78, 5) is 38.0. The maximum Gasteiger partial charge on any atom is 0.310 e. The zero-order valence-electron chi connectivity index (χ0n) is 48.3. The Balaban J connectivity index is 4.31. The van der Waals surface area contributed by atoms with Crippen molar-refractivity contribution in [2.24, 2.45) is 0 Å². The number of ether oxygens (including phenoxy) is 3. The van der Waals surface area contributed by atoms with E-state index in [2.05, 4.69) is 106 Å². The topological polar surface area (TPSA) is 78.9 Å². The summed E-state index contributed by atoms with van der Waals surface area (Å²) >= 11 is 0. The van der Waals surface area contributed by atoms with Gasteiger partial charge in [0, 0.05) is 12.8 Å². The number of allylic oxidation sites excluding steroid dienone is 17. The third-order valence-corrected chi connectivity index (χ3v) is 13.1. The Labute approximate surface area is 457 Å². The first kappa shape index (κ1) is 70.1. The van der Waals surface area contributed by atoms with Crippen LogP contribution in [0.2, 0.25) is 0 Å². The summed E-state index contributed by atoms with van der Waals surface area (Å²) < 4.78 is 16.7. The van der Waals surface area contributed by atoms with E-state index < -0.39 is 12.1 Å². The van der Waals surface area contributed by atoms with Crippen molar-refractivity contribution in [2.45, 2.75) is 290 Å². The number of rotatable bonds is 55. The third-order valence-electron chi connectivity index (χ3n) is 13.1. The molecule has 0 aromatic carbocycles. The molecule has 0 spiro atoms. The summed E-state index contributed by atoms with van der Waals surface area (Å²) in [6.45, 7) is 6.28. The highest BCUT2D eigenvalue weighted by molar-refractivity contribution is 5.72. The van der Waals surface area contributed by atoms with Crippen LogP contribution in [0.25, 0.3) is 0 Å². The van der Waals surface area contributed by atoms with Gasteiger partial charge in [0.05, 0.1) is 6.42 Å². The van der Waals surface area contributed by atoms with Crippen molar-refractivity contribution < 1.29 is 28.6 Å². The van der Waals surface area contributed by atoms with E-state index in [9.17, 15) is 14.4 Å². The van der Waals surface area contributed by atoms with Crippen molar-refractivity contribution in [3.05, 3.63) is 109 Å². The minimum atomic E-state index is -0.862. The predicted molar refractivity (Wildman–Crippen MR) is 320 cm³/mol. The average Bonchev–Trinajstić information content (AvgIpc) is 3.40. The van der Waals surface area contributed by atoms with Crippen molar-refractivity contribution in [1.29, 1.82) is 0 Å². The number of hydrogen-bond donors (Lipinski definition) is 0. The molecule has 0 amide bonds. The standard InChI is InChI=1S/C68H114O6/c1-4-7-10-13-16-19-22-25-27-28-29-30-31-32-33-34-35-36-37-38-39-41-43-46-49-52-55-58-61-67(70)73-64-65(63-72-66(69)60-57-54-51-48-45-42-24-21-18-15-12-9-6-3)74-68(71)62-59-56-53-50-47-44-40-26-23-20-17-14-11-8-5-2/h8-9,11-12,17-18,20-21,26,40,42,45,47,50-51,54,56,59,65H,4-7,10,13-16,19,22-25,27-39,41,43-44,46,48-49,52-53,55,57-58,60-64H2,1-3H3/b11-8-,12-9-,20-17-,21-18-,40-26-,45-42-,50-47-,54-51-,59-56-. The molecule has 1 atom stereocenters. The van der Waals surface area contributed by atoms with Gasteiger partial charge in [0.25, 0.3) is 0 Å². The number of hydrogen-bond acceptors (Lipinski definition) is 6. The largest absolute Gasteiger partial charge is 0.462 e. The van der Waals surface area contributed by atoms with Crippen molar-refractivity contribution in [3.8, 4) is 0 Å². The van der Waals surface area contributed by atoms with Crippen LogP contribution in [0.5, 0.6) is 0 Å². The van der Waals surface area contributed by atoms with Crippen molar-refractivity contribution >= 4 is 17.9 Å². The van der Waals surface area contributed by atoms with Gasteiger partial charge in [0.2, 0.25) is 0 Å². The lowest BCUT2D eigenvalue weighted by Crippen LogP contribution is -2.30. The maximum absolute atomic E-state index is 12.8. The molecule has 0 radical (unpaired) electrons. The SMILES string of the molecule is CC/C=C\C/C=C\C/C=C\C/C=C\C/C=C\CC(=O)OC(COC(=O)CC/C=C\C/C=C\C/C=C\C/C=C\CC)COC(=O)CCCCCCCCCCCCCCCCCCCCCCCCCCCCCC. The van der Waals surface area contributed by atoms with E-state index in [0.717, 1.165) is 70.6 Å². The molecule has 0 bridgehead atoms. The van der Waals surface area contributed by atoms with Gasteiger partial charge in [-0.3, -0.25) is 14.4 Å². The molecule has 0 aromatic rings. The van der Waals surface area contributed by atoms with E-state index in [1.54, 1.807) is 6.08 Å². The Morgan fingerprint density at radius 2 is 0.568 bits per heavy atom. The van der Waals surface area contributed by atoms with Crippen LogP contribution in [0.1, 0.15) is 284 Å². The lowest BCUT2D eigenvalue weighted by Gasteiger charge is -2.18. The molecular formula is C68H114O6. The van der Waals surface area contributed by atoms with Gasteiger partial charge >= 0.3 is 17.9 Å². The van der Waals surface area contributed by atoms with Gasteiger partial charge in [-0.2, -0.15) is 0 Å². The normalized spacial score (nSPS) is 12.9. The fraction of sp³-hybridized carbons (Fsp3) is 0.691. The Morgan fingerprint density at radius 3 is 0.892 bits per heavy atom.